The average Bonchev–Trinajstić information content (AvgIpc) is 2.85. The third-order valence-electron chi connectivity index (χ3n) is 3.56. The Hall–Kier alpha value is -2.35. The van der Waals surface area contributed by atoms with Crippen LogP contribution in [0.5, 0.6) is 0 Å². The number of anilines is 1. The van der Waals surface area contributed by atoms with Crippen LogP contribution in [0.3, 0.4) is 0 Å². The summed E-state index contributed by atoms with van der Waals surface area (Å²) in [5.74, 6) is -4.07. The molecule has 0 bridgehead atoms. The molecular weight excluding hydrogens is 331 g/mol. The molecule has 1 unspecified atom stereocenters. The molecule has 0 spiro atoms. The highest BCUT2D eigenvalue weighted by Gasteiger charge is 2.47. The molecule has 2 heterocycles. The van der Waals surface area contributed by atoms with Gasteiger partial charge in [-0.15, -0.1) is 11.3 Å². The highest BCUT2D eigenvalue weighted by atomic mass is 32.1. The van der Waals surface area contributed by atoms with E-state index in [4.69, 9.17) is 0 Å². The summed E-state index contributed by atoms with van der Waals surface area (Å²) >= 11 is 0.568. The molecule has 1 aromatic heterocycles. The van der Waals surface area contributed by atoms with Crippen molar-refractivity contribution in [3.63, 3.8) is 0 Å². The first kappa shape index (κ1) is 15.5. The zero-order chi connectivity index (χ0) is 16.8. The van der Waals surface area contributed by atoms with Crippen molar-refractivity contribution in [1.82, 2.24) is 0 Å². The van der Waals surface area contributed by atoms with Crippen molar-refractivity contribution in [1.29, 1.82) is 0 Å². The topological polar surface area (TPSA) is 66.4 Å². The van der Waals surface area contributed by atoms with Crippen LogP contribution in [0, 0.1) is 0 Å². The van der Waals surface area contributed by atoms with E-state index in [0.717, 1.165) is 0 Å². The van der Waals surface area contributed by atoms with Crippen LogP contribution in [0.2, 0.25) is 0 Å². The number of thiophene rings is 1. The fourth-order valence-electron chi connectivity index (χ4n) is 2.58. The molecule has 0 radical (unpaired) electrons. The maximum absolute atomic E-state index is 13.2. The van der Waals surface area contributed by atoms with Gasteiger partial charge in [0.05, 0.1) is 5.69 Å². The molecule has 1 atom stereocenters. The lowest BCUT2D eigenvalue weighted by atomic mass is 9.94. The van der Waals surface area contributed by atoms with E-state index in [0.29, 0.717) is 16.9 Å². The lowest BCUT2D eigenvalue weighted by Crippen LogP contribution is -2.30. The molecule has 2 N–H and O–H groups in total. The summed E-state index contributed by atoms with van der Waals surface area (Å²) < 4.78 is 39.7. The Labute approximate surface area is 132 Å². The van der Waals surface area contributed by atoms with Crippen molar-refractivity contribution in [2.75, 3.05) is 5.32 Å². The smallest absolute Gasteiger partial charge is 0.397 e. The number of amides is 1. The fraction of sp³-hybridized carbons (Fsp3) is 0.200. The van der Waals surface area contributed by atoms with Crippen molar-refractivity contribution in [3.8, 4) is 11.1 Å². The van der Waals surface area contributed by atoms with Crippen molar-refractivity contribution in [3.05, 3.63) is 40.1 Å². The summed E-state index contributed by atoms with van der Waals surface area (Å²) in [4.78, 5) is 22.8. The molecule has 2 aromatic rings. The minimum atomic E-state index is -4.61. The standard InChI is InChI=1S/C15H10F3NO3S/c16-15(17,18)8-6-9(20)19-11-10(7-4-2-1-3-5-7)13(14(21)22)23-12(8)11/h1-5,8H,6H2,(H,19,20)(H,21,22). The Bertz CT molecular complexity index is 783. The van der Waals surface area contributed by atoms with Gasteiger partial charge in [0.1, 0.15) is 10.8 Å². The van der Waals surface area contributed by atoms with E-state index in [1.54, 1.807) is 30.3 Å². The normalized spacial score (nSPS) is 17.5. The van der Waals surface area contributed by atoms with E-state index in [2.05, 4.69) is 5.32 Å². The van der Waals surface area contributed by atoms with Gasteiger partial charge >= 0.3 is 12.1 Å². The number of fused-ring (bicyclic) bond motifs is 1. The molecular formula is C15H10F3NO3S. The summed E-state index contributed by atoms with van der Waals surface area (Å²) in [6.07, 6.45) is -5.34. The Morgan fingerprint density at radius 1 is 1.26 bits per heavy atom. The third-order valence-corrected chi connectivity index (χ3v) is 4.85. The molecule has 1 amide bonds. The summed E-state index contributed by atoms with van der Waals surface area (Å²) in [6, 6.07) is 8.20. The zero-order valence-corrected chi connectivity index (χ0v) is 12.3. The van der Waals surface area contributed by atoms with Gasteiger partial charge in [-0.2, -0.15) is 13.2 Å². The van der Waals surface area contributed by atoms with Gasteiger partial charge in [0, 0.05) is 16.9 Å². The van der Waals surface area contributed by atoms with Gasteiger partial charge in [-0.3, -0.25) is 4.79 Å². The van der Waals surface area contributed by atoms with Crippen LogP contribution in [0.25, 0.3) is 11.1 Å². The Morgan fingerprint density at radius 3 is 2.48 bits per heavy atom. The Morgan fingerprint density at radius 2 is 1.91 bits per heavy atom. The molecule has 23 heavy (non-hydrogen) atoms. The van der Waals surface area contributed by atoms with Crippen LogP contribution in [0.15, 0.2) is 30.3 Å². The van der Waals surface area contributed by atoms with Gasteiger partial charge in [0.15, 0.2) is 0 Å². The van der Waals surface area contributed by atoms with E-state index in [1.807, 2.05) is 0 Å². The fourth-order valence-corrected chi connectivity index (χ4v) is 3.83. The summed E-state index contributed by atoms with van der Waals surface area (Å²) in [7, 11) is 0. The molecule has 1 aromatic carbocycles. The van der Waals surface area contributed by atoms with Crippen molar-refractivity contribution in [2.45, 2.75) is 18.5 Å². The summed E-state index contributed by atoms with van der Waals surface area (Å²) in [5, 5.41) is 11.8. The molecule has 0 fully saturated rings. The minimum absolute atomic E-state index is 0.0443. The van der Waals surface area contributed by atoms with E-state index in [9.17, 15) is 27.9 Å². The van der Waals surface area contributed by atoms with Gasteiger partial charge in [-0.05, 0) is 5.56 Å². The Balaban J connectivity index is 2.27. The van der Waals surface area contributed by atoms with Gasteiger partial charge in [-0.1, -0.05) is 30.3 Å². The van der Waals surface area contributed by atoms with Crippen LogP contribution in [0.1, 0.15) is 26.9 Å². The number of carbonyl (C=O) groups excluding carboxylic acids is 1. The van der Waals surface area contributed by atoms with Crippen LogP contribution >= 0.6 is 11.3 Å². The molecule has 0 saturated heterocycles. The van der Waals surface area contributed by atoms with Gasteiger partial charge < -0.3 is 10.4 Å². The first-order valence-electron chi connectivity index (χ1n) is 6.61. The SMILES string of the molecule is O=C1CC(C(F)(F)F)c2sc(C(=O)O)c(-c3ccccc3)c2N1. The highest BCUT2D eigenvalue weighted by molar-refractivity contribution is 7.15. The number of hydrogen-bond donors (Lipinski definition) is 2. The van der Waals surface area contributed by atoms with Gasteiger partial charge in [0.2, 0.25) is 5.91 Å². The summed E-state index contributed by atoms with van der Waals surface area (Å²) in [5.41, 5.74) is 0.531. The number of aromatic carboxylic acids is 1. The number of benzene rings is 1. The zero-order valence-electron chi connectivity index (χ0n) is 11.5. The van der Waals surface area contributed by atoms with E-state index >= 15 is 0 Å². The second kappa shape index (κ2) is 5.38. The number of alkyl halides is 3. The van der Waals surface area contributed by atoms with Crippen LogP contribution in [0.4, 0.5) is 18.9 Å². The number of hydrogen-bond acceptors (Lipinski definition) is 3. The predicted octanol–water partition coefficient (Wildman–Crippen LogP) is 4.10. The molecule has 4 nitrogen and oxygen atoms in total. The van der Waals surface area contributed by atoms with Crippen LogP contribution in [-0.4, -0.2) is 23.2 Å². The van der Waals surface area contributed by atoms with Gasteiger partial charge in [0.25, 0.3) is 0 Å². The average molecular weight is 341 g/mol. The maximum Gasteiger partial charge on any atom is 0.397 e. The predicted molar refractivity (Wildman–Crippen MR) is 78.8 cm³/mol. The number of rotatable bonds is 2. The monoisotopic (exact) mass is 341 g/mol. The first-order chi connectivity index (χ1) is 10.8. The lowest BCUT2D eigenvalue weighted by Gasteiger charge is -2.25. The number of carboxylic acid groups (broad SMARTS) is 1. The molecule has 0 aliphatic carbocycles. The number of carbonyl (C=O) groups is 2. The van der Waals surface area contributed by atoms with Crippen LogP contribution < -0.4 is 5.32 Å². The lowest BCUT2D eigenvalue weighted by molar-refractivity contribution is -0.156. The van der Waals surface area contributed by atoms with Crippen molar-refractivity contribution in [2.24, 2.45) is 0 Å². The quantitative estimate of drug-likeness (QED) is 0.864. The second-order valence-electron chi connectivity index (χ2n) is 5.06. The minimum Gasteiger partial charge on any atom is -0.477 e. The van der Waals surface area contributed by atoms with E-state index in [-0.39, 0.29) is 21.0 Å². The van der Waals surface area contributed by atoms with Gasteiger partial charge in [-0.25, -0.2) is 4.79 Å². The third kappa shape index (κ3) is 2.70. The van der Waals surface area contributed by atoms with Crippen molar-refractivity contribution >= 4 is 28.9 Å². The molecule has 120 valence electrons. The Kier molecular flexibility index (Phi) is 3.63. The molecule has 1 aliphatic rings. The summed E-state index contributed by atoms with van der Waals surface area (Å²) in [6.45, 7) is 0. The number of halogens is 3. The molecule has 8 heteroatoms. The molecule has 0 saturated carbocycles. The maximum atomic E-state index is 13.2. The van der Waals surface area contributed by atoms with Crippen molar-refractivity contribution < 1.29 is 27.9 Å². The largest absolute Gasteiger partial charge is 0.477 e. The van der Waals surface area contributed by atoms with E-state index < -0.39 is 30.4 Å². The van der Waals surface area contributed by atoms with E-state index in [1.165, 1.54) is 0 Å². The first-order valence-corrected chi connectivity index (χ1v) is 7.42. The highest BCUT2D eigenvalue weighted by Crippen LogP contribution is 2.51. The molecule has 3 rings (SSSR count). The molecule has 1 aliphatic heterocycles. The number of nitrogens with one attached hydrogen (secondary N) is 1. The van der Waals surface area contributed by atoms with Crippen LogP contribution in [-0.2, 0) is 4.79 Å². The second-order valence-corrected chi connectivity index (χ2v) is 6.12. The number of carboxylic acids is 1.